The molecular formula is C19H20F3NO. The average molecular weight is 335 g/mol. The molecule has 1 saturated carbocycles. The van der Waals surface area contributed by atoms with Gasteiger partial charge in [-0.1, -0.05) is 30.5 Å². The minimum atomic E-state index is -4.36. The molecule has 1 aliphatic carbocycles. The van der Waals surface area contributed by atoms with Gasteiger partial charge in [-0.05, 0) is 49.4 Å². The number of aromatic nitrogens is 1. The molecule has 1 aliphatic rings. The molecular weight excluding hydrogens is 315 g/mol. The van der Waals surface area contributed by atoms with Gasteiger partial charge in [0.1, 0.15) is 12.4 Å². The van der Waals surface area contributed by atoms with E-state index in [1.165, 1.54) is 6.20 Å². The topological polar surface area (TPSA) is 22.1 Å². The van der Waals surface area contributed by atoms with Crippen molar-refractivity contribution in [2.45, 2.75) is 51.3 Å². The number of aryl methyl sites for hydroxylation is 1. The molecule has 0 radical (unpaired) electrons. The van der Waals surface area contributed by atoms with E-state index < -0.39 is 11.7 Å². The number of hydrogen-bond acceptors (Lipinski definition) is 2. The molecule has 2 aromatic rings. The second-order valence-corrected chi connectivity index (χ2v) is 6.34. The van der Waals surface area contributed by atoms with Crippen LogP contribution >= 0.6 is 0 Å². The zero-order valence-electron chi connectivity index (χ0n) is 13.6. The maximum Gasteiger partial charge on any atom is 0.416 e. The molecule has 0 N–H and O–H groups in total. The first-order valence-corrected chi connectivity index (χ1v) is 8.19. The molecule has 0 bridgehead atoms. The molecule has 0 aliphatic heterocycles. The Labute approximate surface area is 139 Å². The van der Waals surface area contributed by atoms with E-state index in [1.807, 2.05) is 19.1 Å². The standard InChI is InChI=1S/C19H20F3NO/c1-13-6-8-16(9-7-13)24-12-15-10-18(19(20,21)22)17(11-23-15)14-4-2-3-5-14/h6-11,14H,2-5,12H2,1H3. The molecule has 0 unspecified atom stereocenters. The smallest absolute Gasteiger partial charge is 0.416 e. The molecule has 0 amide bonds. The number of rotatable bonds is 4. The zero-order chi connectivity index (χ0) is 17.2. The molecule has 0 atom stereocenters. The lowest BCUT2D eigenvalue weighted by Crippen LogP contribution is -2.13. The van der Waals surface area contributed by atoms with E-state index in [-0.39, 0.29) is 12.5 Å². The molecule has 3 rings (SSSR count). The van der Waals surface area contributed by atoms with E-state index in [2.05, 4.69) is 4.98 Å². The Balaban J connectivity index is 1.80. The van der Waals surface area contributed by atoms with Crippen molar-refractivity contribution >= 4 is 0 Å². The van der Waals surface area contributed by atoms with E-state index >= 15 is 0 Å². The normalized spacial score (nSPS) is 15.7. The predicted octanol–water partition coefficient (Wildman–Crippen LogP) is 5.65. The molecule has 1 aromatic heterocycles. The molecule has 24 heavy (non-hydrogen) atoms. The van der Waals surface area contributed by atoms with Crippen LogP contribution in [0.25, 0.3) is 0 Å². The Kier molecular flexibility index (Phi) is 4.78. The van der Waals surface area contributed by atoms with Crippen molar-refractivity contribution in [1.29, 1.82) is 0 Å². The van der Waals surface area contributed by atoms with Gasteiger partial charge in [0, 0.05) is 6.20 Å². The van der Waals surface area contributed by atoms with Crippen LogP contribution in [0.4, 0.5) is 13.2 Å². The zero-order valence-corrected chi connectivity index (χ0v) is 13.6. The summed E-state index contributed by atoms with van der Waals surface area (Å²) in [6.07, 6.45) is 0.626. The number of nitrogens with zero attached hydrogens (tertiary/aromatic N) is 1. The van der Waals surface area contributed by atoms with Crippen LogP contribution in [0.5, 0.6) is 5.75 Å². The van der Waals surface area contributed by atoms with Crippen molar-refractivity contribution in [3.8, 4) is 5.75 Å². The van der Waals surface area contributed by atoms with Gasteiger partial charge >= 0.3 is 6.18 Å². The molecule has 0 spiro atoms. The van der Waals surface area contributed by atoms with Crippen LogP contribution in [0.2, 0.25) is 0 Å². The lowest BCUT2D eigenvalue weighted by atomic mass is 9.94. The summed E-state index contributed by atoms with van der Waals surface area (Å²) in [7, 11) is 0. The Morgan fingerprint density at radius 2 is 1.79 bits per heavy atom. The molecule has 5 heteroatoms. The fraction of sp³-hybridized carbons (Fsp3) is 0.421. The lowest BCUT2D eigenvalue weighted by Gasteiger charge is -2.18. The third kappa shape index (κ3) is 3.89. The van der Waals surface area contributed by atoms with E-state index in [1.54, 1.807) is 12.1 Å². The highest BCUT2D eigenvalue weighted by molar-refractivity contribution is 5.33. The Bertz CT molecular complexity index is 689. The quantitative estimate of drug-likeness (QED) is 0.721. The number of pyridine rings is 1. The van der Waals surface area contributed by atoms with Crippen molar-refractivity contribution < 1.29 is 17.9 Å². The molecule has 0 saturated heterocycles. The summed E-state index contributed by atoms with van der Waals surface area (Å²) >= 11 is 0. The SMILES string of the molecule is Cc1ccc(OCc2cc(C(F)(F)F)c(C3CCCC3)cn2)cc1. The van der Waals surface area contributed by atoms with Gasteiger partial charge in [-0.15, -0.1) is 0 Å². The third-order valence-electron chi connectivity index (χ3n) is 4.50. The van der Waals surface area contributed by atoms with Gasteiger partial charge in [0.05, 0.1) is 11.3 Å². The minimum Gasteiger partial charge on any atom is -0.487 e. The van der Waals surface area contributed by atoms with E-state index in [9.17, 15) is 13.2 Å². The fourth-order valence-electron chi connectivity index (χ4n) is 3.19. The van der Waals surface area contributed by atoms with Gasteiger partial charge in [0.15, 0.2) is 0 Å². The monoisotopic (exact) mass is 335 g/mol. The van der Waals surface area contributed by atoms with Crippen LogP contribution in [0.3, 0.4) is 0 Å². The van der Waals surface area contributed by atoms with Gasteiger partial charge in [0.2, 0.25) is 0 Å². The van der Waals surface area contributed by atoms with Crippen LogP contribution in [0, 0.1) is 6.92 Å². The molecule has 1 fully saturated rings. The Morgan fingerprint density at radius 3 is 2.42 bits per heavy atom. The number of halogens is 3. The van der Waals surface area contributed by atoms with Crippen LogP contribution in [0.15, 0.2) is 36.5 Å². The summed E-state index contributed by atoms with van der Waals surface area (Å²) in [5.74, 6) is 0.594. The highest BCUT2D eigenvalue weighted by atomic mass is 19.4. The minimum absolute atomic E-state index is 0.0249. The molecule has 1 aromatic carbocycles. The summed E-state index contributed by atoms with van der Waals surface area (Å²) in [6.45, 7) is 1.99. The first kappa shape index (κ1) is 16.8. The lowest BCUT2D eigenvalue weighted by molar-refractivity contribution is -0.138. The maximum atomic E-state index is 13.4. The van der Waals surface area contributed by atoms with E-state index in [0.29, 0.717) is 17.0 Å². The first-order valence-electron chi connectivity index (χ1n) is 8.19. The Morgan fingerprint density at radius 1 is 1.12 bits per heavy atom. The summed E-state index contributed by atoms with van der Waals surface area (Å²) < 4.78 is 45.8. The molecule has 1 heterocycles. The predicted molar refractivity (Wildman–Crippen MR) is 86.0 cm³/mol. The first-order chi connectivity index (χ1) is 11.4. The largest absolute Gasteiger partial charge is 0.487 e. The van der Waals surface area contributed by atoms with Crippen LogP contribution < -0.4 is 4.74 Å². The highest BCUT2D eigenvalue weighted by Gasteiger charge is 2.36. The summed E-state index contributed by atoms with van der Waals surface area (Å²) in [6, 6.07) is 8.53. The second-order valence-electron chi connectivity index (χ2n) is 6.34. The Hall–Kier alpha value is -2.04. The van der Waals surface area contributed by atoms with E-state index in [0.717, 1.165) is 37.3 Å². The summed E-state index contributed by atoms with van der Waals surface area (Å²) in [5, 5.41) is 0. The van der Waals surface area contributed by atoms with Gasteiger partial charge in [-0.2, -0.15) is 13.2 Å². The fourth-order valence-corrected chi connectivity index (χ4v) is 3.19. The summed E-state index contributed by atoms with van der Waals surface area (Å²) in [5.41, 5.74) is 1.16. The van der Waals surface area contributed by atoms with Crippen molar-refractivity contribution in [3.05, 3.63) is 58.9 Å². The summed E-state index contributed by atoms with van der Waals surface area (Å²) in [4.78, 5) is 4.21. The van der Waals surface area contributed by atoms with Crippen LogP contribution in [-0.4, -0.2) is 4.98 Å². The van der Waals surface area contributed by atoms with E-state index in [4.69, 9.17) is 4.74 Å². The van der Waals surface area contributed by atoms with Crippen molar-refractivity contribution in [3.63, 3.8) is 0 Å². The number of alkyl halides is 3. The maximum absolute atomic E-state index is 13.4. The van der Waals surface area contributed by atoms with Crippen molar-refractivity contribution in [1.82, 2.24) is 4.98 Å². The van der Waals surface area contributed by atoms with Gasteiger partial charge in [-0.3, -0.25) is 4.98 Å². The van der Waals surface area contributed by atoms with Gasteiger partial charge in [0.25, 0.3) is 0 Å². The van der Waals surface area contributed by atoms with Gasteiger partial charge < -0.3 is 4.74 Å². The van der Waals surface area contributed by atoms with Gasteiger partial charge in [-0.25, -0.2) is 0 Å². The molecule has 2 nitrogen and oxygen atoms in total. The second kappa shape index (κ2) is 6.83. The highest BCUT2D eigenvalue weighted by Crippen LogP contribution is 2.41. The van der Waals surface area contributed by atoms with Crippen LogP contribution in [-0.2, 0) is 12.8 Å². The molecule has 128 valence electrons. The van der Waals surface area contributed by atoms with Crippen molar-refractivity contribution in [2.24, 2.45) is 0 Å². The third-order valence-corrected chi connectivity index (χ3v) is 4.50. The number of hydrogen-bond donors (Lipinski definition) is 0. The van der Waals surface area contributed by atoms with Crippen LogP contribution in [0.1, 0.15) is 54.0 Å². The average Bonchev–Trinajstić information content (AvgIpc) is 3.07. The van der Waals surface area contributed by atoms with Crippen molar-refractivity contribution in [2.75, 3.05) is 0 Å². The number of benzene rings is 1. The number of ether oxygens (including phenoxy) is 1.